The number of carbonyl (C=O) groups is 1. The second-order valence-electron chi connectivity index (χ2n) is 11.6. The van der Waals surface area contributed by atoms with Crippen LogP contribution in [0.2, 0.25) is 10.0 Å². The van der Waals surface area contributed by atoms with Crippen LogP contribution in [0.3, 0.4) is 0 Å². The maximum atomic E-state index is 12.6. The minimum absolute atomic E-state index is 0.140. The molecule has 5 nitrogen and oxygen atoms in total. The van der Waals surface area contributed by atoms with E-state index in [0.717, 1.165) is 18.4 Å². The predicted molar refractivity (Wildman–Crippen MR) is 159 cm³/mol. The van der Waals surface area contributed by atoms with E-state index in [9.17, 15) is 18.0 Å². The Morgan fingerprint density at radius 3 is 2.02 bits per heavy atom. The number of carbonyl (C=O) groups excluding carboxylic acids is 1. The molecule has 0 saturated heterocycles. The molecule has 222 valence electrons. The van der Waals surface area contributed by atoms with Gasteiger partial charge in [-0.05, 0) is 59.7 Å². The van der Waals surface area contributed by atoms with Gasteiger partial charge in [0.1, 0.15) is 12.4 Å². The molecule has 10 heteroatoms. The highest BCUT2D eigenvalue weighted by molar-refractivity contribution is 6.34. The van der Waals surface area contributed by atoms with Crippen molar-refractivity contribution in [2.24, 2.45) is 11.3 Å². The number of hydrogen-bond acceptors (Lipinski definition) is 4. The Balaban J connectivity index is 0.000000748. The fraction of sp³-hybridized carbons (Fsp3) is 0.312. The van der Waals surface area contributed by atoms with Crippen molar-refractivity contribution in [1.82, 2.24) is 9.78 Å². The first-order chi connectivity index (χ1) is 19.6. The second kappa shape index (κ2) is 12.8. The van der Waals surface area contributed by atoms with E-state index >= 15 is 0 Å². The predicted octanol–water partition coefficient (Wildman–Crippen LogP) is 9.97. The number of nitrogens with zero attached hydrogens (tertiary/aromatic N) is 2. The Kier molecular flexibility index (Phi) is 9.58. The molecule has 0 N–H and O–H groups in total. The number of ether oxygens (including phenoxy) is 2. The SMILES string of the molecule is CC(C)(C)C.O=C(c1ccc(COc2nn(-c3cc(Cl)cc(Cl)c3)cc2-c2ccc(OC(F)(F)F)cc2)cc1)C1CC1. The quantitative estimate of drug-likeness (QED) is 0.184. The molecule has 1 heterocycles. The number of Topliss-reactive ketones (excluding diaryl/α,β-unsaturated/α-hetero) is 1. The van der Waals surface area contributed by atoms with Gasteiger partial charge in [-0.2, -0.15) is 0 Å². The lowest BCUT2D eigenvalue weighted by molar-refractivity contribution is -0.274. The topological polar surface area (TPSA) is 53.3 Å². The number of halogens is 5. The zero-order chi connectivity index (χ0) is 30.7. The number of rotatable bonds is 8. The minimum atomic E-state index is -4.79. The molecule has 0 bridgehead atoms. The van der Waals surface area contributed by atoms with Gasteiger partial charge in [-0.3, -0.25) is 4.79 Å². The minimum Gasteiger partial charge on any atom is -0.471 e. The highest BCUT2D eigenvalue weighted by atomic mass is 35.5. The van der Waals surface area contributed by atoms with Gasteiger partial charge in [0.05, 0.1) is 11.3 Å². The molecule has 0 aliphatic heterocycles. The maximum absolute atomic E-state index is 12.6. The van der Waals surface area contributed by atoms with Crippen molar-refractivity contribution in [3.63, 3.8) is 0 Å². The normalized spacial score (nSPS) is 13.3. The fourth-order valence-electron chi connectivity index (χ4n) is 3.80. The van der Waals surface area contributed by atoms with Gasteiger partial charge in [0.15, 0.2) is 5.78 Å². The molecule has 3 aromatic carbocycles. The molecule has 0 radical (unpaired) electrons. The molecule has 0 spiro atoms. The summed E-state index contributed by atoms with van der Waals surface area (Å²) in [5, 5.41) is 5.35. The lowest BCUT2D eigenvalue weighted by Gasteiger charge is -2.10. The Morgan fingerprint density at radius 1 is 0.929 bits per heavy atom. The molecule has 1 fully saturated rings. The number of aromatic nitrogens is 2. The monoisotopic (exact) mass is 618 g/mol. The summed E-state index contributed by atoms with van der Waals surface area (Å²) in [5.74, 6) is 0.209. The van der Waals surface area contributed by atoms with Crippen molar-refractivity contribution >= 4 is 29.0 Å². The molecule has 1 aromatic heterocycles. The maximum Gasteiger partial charge on any atom is 0.573 e. The third-order valence-electron chi connectivity index (χ3n) is 5.75. The summed E-state index contributed by atoms with van der Waals surface area (Å²) in [7, 11) is 0. The van der Waals surface area contributed by atoms with E-state index in [1.54, 1.807) is 36.5 Å². The van der Waals surface area contributed by atoms with E-state index in [1.807, 2.05) is 12.1 Å². The lowest BCUT2D eigenvalue weighted by Crippen LogP contribution is -2.16. The van der Waals surface area contributed by atoms with Crippen LogP contribution in [0.1, 0.15) is 56.5 Å². The molecule has 5 rings (SSSR count). The summed E-state index contributed by atoms with van der Waals surface area (Å²) in [6.45, 7) is 8.91. The Labute approximate surface area is 253 Å². The Hall–Kier alpha value is -3.49. The first kappa shape index (κ1) is 31.4. The van der Waals surface area contributed by atoms with Crippen molar-refractivity contribution in [2.75, 3.05) is 0 Å². The van der Waals surface area contributed by atoms with Crippen molar-refractivity contribution in [2.45, 2.75) is 53.5 Å². The van der Waals surface area contributed by atoms with Gasteiger partial charge < -0.3 is 9.47 Å². The van der Waals surface area contributed by atoms with Gasteiger partial charge in [0, 0.05) is 27.7 Å². The number of alkyl halides is 3. The molecule has 42 heavy (non-hydrogen) atoms. The average Bonchev–Trinajstić information content (AvgIpc) is 3.64. The number of hydrogen-bond donors (Lipinski definition) is 0. The van der Waals surface area contributed by atoms with Gasteiger partial charge >= 0.3 is 6.36 Å². The molecule has 1 saturated carbocycles. The van der Waals surface area contributed by atoms with Gasteiger partial charge in [-0.15, -0.1) is 18.3 Å². The highest BCUT2D eigenvalue weighted by Gasteiger charge is 2.31. The van der Waals surface area contributed by atoms with Gasteiger partial charge in [-0.1, -0.05) is 87.3 Å². The Morgan fingerprint density at radius 2 is 1.50 bits per heavy atom. The molecule has 0 amide bonds. The van der Waals surface area contributed by atoms with Crippen LogP contribution in [0.15, 0.2) is 72.9 Å². The molecular weight excluding hydrogens is 588 g/mol. The van der Waals surface area contributed by atoms with Crippen LogP contribution >= 0.6 is 23.2 Å². The van der Waals surface area contributed by atoms with E-state index in [-0.39, 0.29) is 29.9 Å². The van der Waals surface area contributed by atoms with Crippen LogP contribution in [-0.2, 0) is 6.61 Å². The lowest BCUT2D eigenvalue weighted by atomic mass is 10.0. The summed E-state index contributed by atoms with van der Waals surface area (Å²) in [4.78, 5) is 12.3. The molecule has 1 aliphatic rings. The summed E-state index contributed by atoms with van der Waals surface area (Å²) < 4.78 is 49.2. The van der Waals surface area contributed by atoms with Crippen LogP contribution < -0.4 is 9.47 Å². The Bertz CT molecular complexity index is 1500. The van der Waals surface area contributed by atoms with E-state index in [2.05, 4.69) is 37.5 Å². The molecule has 4 aromatic rings. The van der Waals surface area contributed by atoms with Crippen LogP contribution in [0, 0.1) is 11.3 Å². The van der Waals surface area contributed by atoms with Gasteiger partial charge in [0.2, 0.25) is 5.88 Å². The van der Waals surface area contributed by atoms with Crippen molar-refractivity contribution in [3.05, 3.63) is 94.1 Å². The van der Waals surface area contributed by atoms with E-state index in [0.29, 0.717) is 37.8 Å². The molecular formula is C32H31Cl2F3N2O3. The summed E-state index contributed by atoms with van der Waals surface area (Å²) in [6.07, 6.45) is -1.23. The van der Waals surface area contributed by atoms with E-state index in [4.69, 9.17) is 27.9 Å². The van der Waals surface area contributed by atoms with Crippen molar-refractivity contribution in [1.29, 1.82) is 0 Å². The van der Waals surface area contributed by atoms with Crippen molar-refractivity contribution < 1.29 is 27.4 Å². The average molecular weight is 620 g/mol. The van der Waals surface area contributed by atoms with Gasteiger partial charge in [-0.25, -0.2) is 4.68 Å². The number of ketones is 1. The first-order valence-corrected chi connectivity index (χ1v) is 14.1. The van der Waals surface area contributed by atoms with Gasteiger partial charge in [0.25, 0.3) is 0 Å². The molecule has 1 aliphatic carbocycles. The van der Waals surface area contributed by atoms with Crippen LogP contribution in [0.5, 0.6) is 11.6 Å². The fourth-order valence-corrected chi connectivity index (χ4v) is 4.32. The zero-order valence-corrected chi connectivity index (χ0v) is 25.1. The molecule has 0 unspecified atom stereocenters. The standard InChI is InChI=1S/C27H19Cl2F3N2O3.C5H12/c28-20-11-21(29)13-22(12-20)34-14-24(17-7-9-23(10-8-17)37-27(30,31)32)26(33-34)36-15-16-1-3-18(4-2-16)25(35)19-5-6-19;1-5(2,3)4/h1-4,7-14,19H,5-6,15H2;1-4H3. The molecule has 0 atom stereocenters. The van der Waals surface area contributed by atoms with Crippen LogP contribution in [-0.4, -0.2) is 21.9 Å². The second-order valence-corrected chi connectivity index (χ2v) is 12.5. The third-order valence-corrected chi connectivity index (χ3v) is 6.19. The van der Waals surface area contributed by atoms with Crippen LogP contribution in [0.25, 0.3) is 16.8 Å². The zero-order valence-electron chi connectivity index (χ0n) is 23.6. The van der Waals surface area contributed by atoms with E-state index < -0.39 is 6.36 Å². The highest BCUT2D eigenvalue weighted by Crippen LogP contribution is 2.35. The first-order valence-electron chi connectivity index (χ1n) is 13.3. The van der Waals surface area contributed by atoms with E-state index in [1.165, 1.54) is 28.9 Å². The van der Waals surface area contributed by atoms with Crippen molar-refractivity contribution in [3.8, 4) is 28.4 Å². The largest absolute Gasteiger partial charge is 0.573 e. The summed E-state index contributed by atoms with van der Waals surface area (Å²) in [5.41, 5.74) is 3.68. The summed E-state index contributed by atoms with van der Waals surface area (Å²) >= 11 is 12.3. The summed E-state index contributed by atoms with van der Waals surface area (Å²) in [6, 6.07) is 17.6. The third kappa shape index (κ3) is 9.53. The number of benzene rings is 3. The van der Waals surface area contributed by atoms with Crippen LogP contribution in [0.4, 0.5) is 13.2 Å². The smallest absolute Gasteiger partial charge is 0.471 e.